The summed E-state index contributed by atoms with van der Waals surface area (Å²) < 4.78 is 0.955. The number of rotatable bonds is 4. The highest BCUT2D eigenvalue weighted by atomic mass is 79.9. The standard InChI is InChI=1S/C10H13Br/c1-5-8(3)9(4)7-10(11)6-2/h5-8H,1-2,4H2,3H3. The van der Waals surface area contributed by atoms with E-state index in [1.54, 1.807) is 6.08 Å². The molecule has 0 spiro atoms. The molecule has 0 amide bonds. The molecule has 0 N–H and O–H groups in total. The van der Waals surface area contributed by atoms with E-state index < -0.39 is 0 Å². The van der Waals surface area contributed by atoms with Crippen LogP contribution >= 0.6 is 15.9 Å². The third-order valence-corrected chi connectivity index (χ3v) is 2.01. The van der Waals surface area contributed by atoms with Gasteiger partial charge in [0.1, 0.15) is 0 Å². The first-order valence-corrected chi connectivity index (χ1v) is 4.22. The van der Waals surface area contributed by atoms with Gasteiger partial charge in [-0.3, -0.25) is 0 Å². The second kappa shape index (κ2) is 5.14. The van der Waals surface area contributed by atoms with Gasteiger partial charge < -0.3 is 0 Å². The van der Waals surface area contributed by atoms with Gasteiger partial charge in [-0.25, -0.2) is 0 Å². The van der Waals surface area contributed by atoms with Crippen molar-refractivity contribution in [1.29, 1.82) is 0 Å². The van der Waals surface area contributed by atoms with Gasteiger partial charge in [-0.2, -0.15) is 0 Å². The van der Waals surface area contributed by atoms with E-state index in [4.69, 9.17) is 0 Å². The molecule has 0 aromatic heterocycles. The summed E-state index contributed by atoms with van der Waals surface area (Å²) in [6.45, 7) is 13.2. The fourth-order valence-corrected chi connectivity index (χ4v) is 0.813. The molecule has 0 radical (unpaired) electrons. The second-order valence-corrected chi connectivity index (χ2v) is 3.25. The maximum atomic E-state index is 3.89. The summed E-state index contributed by atoms with van der Waals surface area (Å²) in [6, 6.07) is 0. The lowest BCUT2D eigenvalue weighted by molar-refractivity contribution is 0.899. The van der Waals surface area contributed by atoms with Crippen molar-refractivity contribution in [2.24, 2.45) is 5.92 Å². The molecule has 0 nitrogen and oxygen atoms in total. The van der Waals surface area contributed by atoms with Crippen LogP contribution in [-0.4, -0.2) is 0 Å². The molecule has 0 aromatic rings. The van der Waals surface area contributed by atoms with E-state index >= 15 is 0 Å². The maximum Gasteiger partial charge on any atom is 0.0172 e. The Labute approximate surface area is 77.1 Å². The Kier molecular flexibility index (Phi) is 4.88. The van der Waals surface area contributed by atoms with Crippen molar-refractivity contribution < 1.29 is 0 Å². The molecule has 0 aromatic carbocycles. The number of allylic oxidation sites excluding steroid dienone is 5. The van der Waals surface area contributed by atoms with E-state index in [0.717, 1.165) is 10.1 Å². The predicted molar refractivity (Wildman–Crippen MR) is 55.7 cm³/mol. The quantitative estimate of drug-likeness (QED) is 0.491. The summed E-state index contributed by atoms with van der Waals surface area (Å²) in [6.07, 6.45) is 5.54. The van der Waals surface area contributed by atoms with Gasteiger partial charge in [0.2, 0.25) is 0 Å². The second-order valence-electron chi connectivity index (χ2n) is 2.33. The molecular weight excluding hydrogens is 200 g/mol. The Hall–Kier alpha value is -0.560. The summed E-state index contributed by atoms with van der Waals surface area (Å²) in [5.74, 6) is 0.322. The third kappa shape index (κ3) is 3.99. The van der Waals surface area contributed by atoms with E-state index in [1.165, 1.54) is 0 Å². The van der Waals surface area contributed by atoms with Crippen molar-refractivity contribution in [3.63, 3.8) is 0 Å². The maximum absolute atomic E-state index is 3.89. The molecule has 0 bridgehead atoms. The topological polar surface area (TPSA) is 0 Å². The van der Waals surface area contributed by atoms with Crippen molar-refractivity contribution in [1.82, 2.24) is 0 Å². The van der Waals surface area contributed by atoms with E-state index in [0.29, 0.717) is 5.92 Å². The SMILES string of the molecule is C=CC(Br)=CC(=C)C(C)C=C. The lowest BCUT2D eigenvalue weighted by Gasteiger charge is -2.04. The smallest absolute Gasteiger partial charge is 0.0172 e. The Morgan fingerprint density at radius 1 is 1.45 bits per heavy atom. The number of hydrogen-bond acceptors (Lipinski definition) is 0. The first-order valence-electron chi connectivity index (χ1n) is 3.42. The molecule has 0 aliphatic carbocycles. The molecule has 1 atom stereocenters. The summed E-state index contributed by atoms with van der Waals surface area (Å²) in [5, 5.41) is 0. The first-order chi connectivity index (χ1) is 5.11. The van der Waals surface area contributed by atoms with Crippen LogP contribution in [-0.2, 0) is 0 Å². The Morgan fingerprint density at radius 3 is 2.36 bits per heavy atom. The summed E-state index contributed by atoms with van der Waals surface area (Å²) in [5.41, 5.74) is 1.03. The van der Waals surface area contributed by atoms with Crippen LogP contribution in [0.1, 0.15) is 6.92 Å². The molecule has 1 heteroatoms. The van der Waals surface area contributed by atoms with Gasteiger partial charge >= 0.3 is 0 Å². The van der Waals surface area contributed by atoms with Crippen LogP contribution in [0.25, 0.3) is 0 Å². The minimum absolute atomic E-state index is 0.322. The molecule has 0 fully saturated rings. The van der Waals surface area contributed by atoms with Crippen molar-refractivity contribution in [3.8, 4) is 0 Å². The van der Waals surface area contributed by atoms with Gasteiger partial charge in [0.15, 0.2) is 0 Å². The largest absolute Gasteiger partial charge is 0.102 e. The van der Waals surface area contributed by atoms with Crippen LogP contribution in [0.4, 0.5) is 0 Å². The average molecular weight is 213 g/mol. The van der Waals surface area contributed by atoms with Gasteiger partial charge in [-0.1, -0.05) is 48.2 Å². The zero-order chi connectivity index (χ0) is 8.85. The molecule has 1 unspecified atom stereocenters. The zero-order valence-corrected chi connectivity index (χ0v) is 8.39. The predicted octanol–water partition coefficient (Wildman–Crippen LogP) is 3.83. The van der Waals surface area contributed by atoms with E-state index in [9.17, 15) is 0 Å². The highest BCUT2D eigenvalue weighted by molar-refractivity contribution is 9.11. The van der Waals surface area contributed by atoms with Gasteiger partial charge in [-0.05, 0) is 17.6 Å². The Bertz CT molecular complexity index is 199. The van der Waals surface area contributed by atoms with Crippen LogP contribution < -0.4 is 0 Å². The average Bonchev–Trinajstić information content (AvgIpc) is 2.02. The van der Waals surface area contributed by atoms with Gasteiger partial charge in [0.25, 0.3) is 0 Å². The molecule has 0 saturated heterocycles. The van der Waals surface area contributed by atoms with E-state index in [2.05, 4.69) is 42.6 Å². The van der Waals surface area contributed by atoms with Crippen molar-refractivity contribution >= 4 is 15.9 Å². The lowest BCUT2D eigenvalue weighted by atomic mass is 10.0. The molecule has 0 saturated carbocycles. The molecular formula is C10H13Br. The molecule has 0 aliphatic heterocycles. The third-order valence-electron chi connectivity index (χ3n) is 1.46. The Morgan fingerprint density at radius 2 is 2.00 bits per heavy atom. The van der Waals surface area contributed by atoms with Crippen molar-refractivity contribution in [2.75, 3.05) is 0 Å². The van der Waals surface area contributed by atoms with Crippen molar-refractivity contribution in [3.05, 3.63) is 48.0 Å². The molecule has 60 valence electrons. The first kappa shape index (κ1) is 10.4. The molecule has 0 heterocycles. The summed E-state index contributed by atoms with van der Waals surface area (Å²) in [4.78, 5) is 0. The minimum Gasteiger partial charge on any atom is -0.102 e. The fraction of sp³-hybridized carbons (Fsp3) is 0.200. The zero-order valence-electron chi connectivity index (χ0n) is 6.81. The minimum atomic E-state index is 0.322. The fourth-order valence-electron chi connectivity index (χ4n) is 0.519. The van der Waals surface area contributed by atoms with Crippen LogP contribution in [0.5, 0.6) is 0 Å². The van der Waals surface area contributed by atoms with Gasteiger partial charge in [0, 0.05) is 4.48 Å². The highest BCUT2D eigenvalue weighted by Crippen LogP contribution is 2.15. The summed E-state index contributed by atoms with van der Waals surface area (Å²) >= 11 is 3.32. The van der Waals surface area contributed by atoms with Crippen LogP contribution in [0.2, 0.25) is 0 Å². The molecule has 0 rings (SSSR count). The van der Waals surface area contributed by atoms with Crippen LogP contribution in [0.15, 0.2) is 48.0 Å². The number of hydrogen-bond donors (Lipinski definition) is 0. The van der Waals surface area contributed by atoms with Crippen molar-refractivity contribution in [2.45, 2.75) is 6.92 Å². The highest BCUT2D eigenvalue weighted by Gasteiger charge is 1.97. The Balaban J connectivity index is 4.27. The van der Waals surface area contributed by atoms with Gasteiger partial charge in [-0.15, -0.1) is 6.58 Å². The lowest BCUT2D eigenvalue weighted by Crippen LogP contribution is -1.89. The monoisotopic (exact) mass is 212 g/mol. The van der Waals surface area contributed by atoms with E-state index in [1.807, 2.05) is 12.2 Å². The van der Waals surface area contributed by atoms with Crippen LogP contribution in [0, 0.1) is 5.92 Å². The van der Waals surface area contributed by atoms with E-state index in [-0.39, 0.29) is 0 Å². The molecule has 0 aliphatic rings. The molecule has 11 heavy (non-hydrogen) atoms. The van der Waals surface area contributed by atoms with Gasteiger partial charge in [0.05, 0.1) is 0 Å². The normalized spacial score (nSPS) is 13.8. The number of halogens is 1. The summed E-state index contributed by atoms with van der Waals surface area (Å²) in [7, 11) is 0. The van der Waals surface area contributed by atoms with Crippen LogP contribution in [0.3, 0.4) is 0 Å².